The van der Waals surface area contributed by atoms with Gasteiger partial charge in [-0.3, -0.25) is 9.59 Å². The van der Waals surface area contributed by atoms with Gasteiger partial charge in [0.15, 0.2) is 0 Å². The van der Waals surface area contributed by atoms with Crippen LogP contribution in [0, 0.1) is 0 Å². The number of amides is 1. The van der Waals surface area contributed by atoms with E-state index in [1.54, 1.807) is 16.2 Å². The molecule has 2 aliphatic rings. The van der Waals surface area contributed by atoms with Crippen LogP contribution in [-0.4, -0.2) is 50.3 Å². The Bertz CT molecular complexity index is 892. The normalized spacial score (nSPS) is 22.8. The first kappa shape index (κ1) is 18.0. The van der Waals surface area contributed by atoms with Crippen LogP contribution in [0.4, 0.5) is 0 Å². The number of aliphatic hydroxyl groups is 1. The summed E-state index contributed by atoms with van der Waals surface area (Å²) < 4.78 is 0. The lowest BCUT2D eigenvalue weighted by molar-refractivity contribution is -0.129. The van der Waals surface area contributed by atoms with Gasteiger partial charge in [-0.2, -0.15) is 0 Å². The predicted octanol–water partition coefficient (Wildman–Crippen LogP) is 2.08. The number of nitrogens with zero attached hydrogens (tertiary/aromatic N) is 2. The van der Waals surface area contributed by atoms with E-state index in [4.69, 9.17) is 0 Å². The van der Waals surface area contributed by atoms with Crippen LogP contribution in [0.5, 0.6) is 0 Å². The highest BCUT2D eigenvalue weighted by Crippen LogP contribution is 2.33. The molecule has 2 aromatic rings. The first-order valence-corrected chi connectivity index (χ1v) is 11.1. The summed E-state index contributed by atoms with van der Waals surface area (Å²) in [5.74, 6) is 1.51. The number of thiophene rings is 1. The molecule has 0 aromatic carbocycles. The minimum absolute atomic E-state index is 0.0362. The van der Waals surface area contributed by atoms with Crippen molar-refractivity contribution in [1.29, 1.82) is 0 Å². The van der Waals surface area contributed by atoms with Crippen molar-refractivity contribution in [3.8, 4) is 0 Å². The Balaban J connectivity index is 1.43. The first-order valence-electron chi connectivity index (χ1n) is 9.11. The number of β-amino-alcohol motifs (C(OH)–C–C–N with tert-alkyl or cyclic N) is 1. The highest BCUT2D eigenvalue weighted by Gasteiger charge is 2.30. The molecule has 0 saturated carbocycles. The molecule has 6 nitrogen and oxygen atoms in total. The van der Waals surface area contributed by atoms with Crippen molar-refractivity contribution in [2.24, 2.45) is 0 Å². The van der Waals surface area contributed by atoms with Crippen molar-refractivity contribution >= 4 is 39.2 Å². The topological polar surface area (TPSA) is 86.3 Å². The fourth-order valence-electron chi connectivity index (χ4n) is 3.94. The lowest BCUT2D eigenvalue weighted by Crippen LogP contribution is -2.35. The molecule has 2 atom stereocenters. The van der Waals surface area contributed by atoms with Gasteiger partial charge in [-0.1, -0.05) is 0 Å². The van der Waals surface area contributed by atoms with Gasteiger partial charge in [0.05, 0.1) is 23.0 Å². The summed E-state index contributed by atoms with van der Waals surface area (Å²) in [4.78, 5) is 36.2. The predicted molar refractivity (Wildman–Crippen MR) is 105 cm³/mol. The summed E-state index contributed by atoms with van der Waals surface area (Å²) in [6, 6.07) is 0.0878. The van der Waals surface area contributed by atoms with Gasteiger partial charge in [-0.15, -0.1) is 23.1 Å². The summed E-state index contributed by atoms with van der Waals surface area (Å²) in [7, 11) is 0. The molecule has 2 aromatic heterocycles. The van der Waals surface area contributed by atoms with E-state index in [0.29, 0.717) is 30.3 Å². The smallest absolute Gasteiger partial charge is 0.259 e. The highest BCUT2D eigenvalue weighted by atomic mass is 32.2. The molecule has 2 N–H and O–H groups in total. The first-order chi connectivity index (χ1) is 12.5. The second-order valence-corrected chi connectivity index (χ2v) is 9.25. The lowest BCUT2D eigenvalue weighted by atomic mass is 9.97. The van der Waals surface area contributed by atoms with Crippen LogP contribution >= 0.6 is 23.1 Å². The largest absolute Gasteiger partial charge is 0.391 e. The number of thioether (sulfide) groups is 1. The zero-order chi connectivity index (χ0) is 18.3. The maximum Gasteiger partial charge on any atom is 0.259 e. The number of rotatable bonds is 4. The van der Waals surface area contributed by atoms with E-state index in [9.17, 15) is 14.7 Å². The van der Waals surface area contributed by atoms with Crippen molar-refractivity contribution in [2.45, 2.75) is 56.9 Å². The fourth-order valence-corrected chi connectivity index (χ4v) is 6.00. The minimum atomic E-state index is -0.413. The van der Waals surface area contributed by atoms with Crippen molar-refractivity contribution in [3.05, 3.63) is 26.6 Å². The Labute approximate surface area is 160 Å². The Hall–Kier alpha value is -1.38. The second kappa shape index (κ2) is 7.32. The molecule has 0 unspecified atom stereocenters. The third kappa shape index (κ3) is 3.42. The highest BCUT2D eigenvalue weighted by molar-refractivity contribution is 7.99. The van der Waals surface area contributed by atoms with Gasteiger partial charge in [0.25, 0.3) is 5.56 Å². The number of fused-ring (bicyclic) bond motifs is 3. The summed E-state index contributed by atoms with van der Waals surface area (Å²) in [5, 5.41) is 10.4. The Morgan fingerprint density at radius 3 is 3.00 bits per heavy atom. The number of hydrogen-bond donors (Lipinski definition) is 2. The van der Waals surface area contributed by atoms with Crippen LogP contribution < -0.4 is 5.56 Å². The number of hydrogen-bond acceptors (Lipinski definition) is 6. The maximum absolute atomic E-state index is 12.5. The van der Waals surface area contributed by atoms with Crippen molar-refractivity contribution in [2.75, 3.05) is 12.3 Å². The molecule has 1 amide bonds. The van der Waals surface area contributed by atoms with Gasteiger partial charge < -0.3 is 15.0 Å². The number of aryl methyl sites for hydroxylation is 2. The van der Waals surface area contributed by atoms with Crippen LogP contribution in [0.15, 0.2) is 4.79 Å². The van der Waals surface area contributed by atoms with Crippen LogP contribution in [0.2, 0.25) is 0 Å². The Morgan fingerprint density at radius 2 is 2.23 bits per heavy atom. The van der Waals surface area contributed by atoms with Gasteiger partial charge >= 0.3 is 0 Å². The van der Waals surface area contributed by atoms with Crippen LogP contribution in [0.25, 0.3) is 10.2 Å². The van der Waals surface area contributed by atoms with E-state index in [-0.39, 0.29) is 17.5 Å². The second-order valence-electron chi connectivity index (χ2n) is 7.18. The third-order valence-electron chi connectivity index (χ3n) is 5.21. The van der Waals surface area contributed by atoms with E-state index in [1.807, 2.05) is 6.92 Å². The molecule has 4 rings (SSSR count). The molecule has 1 saturated heterocycles. The average molecular weight is 394 g/mol. The molecule has 0 bridgehead atoms. The van der Waals surface area contributed by atoms with Crippen LogP contribution in [0.3, 0.4) is 0 Å². The molecule has 3 heterocycles. The van der Waals surface area contributed by atoms with Gasteiger partial charge in [0, 0.05) is 17.5 Å². The number of carbonyl (C=O) groups excluding carboxylic acids is 1. The molecule has 0 radical (unpaired) electrons. The molecular formula is C18H23N3O3S2. The van der Waals surface area contributed by atoms with Crippen LogP contribution in [-0.2, 0) is 23.4 Å². The molecule has 1 aliphatic carbocycles. The number of H-pyrrole nitrogens is 1. The maximum atomic E-state index is 12.5. The minimum Gasteiger partial charge on any atom is -0.391 e. The summed E-state index contributed by atoms with van der Waals surface area (Å²) in [6.45, 7) is 2.38. The standard InChI is InChI=1S/C18H23N3O3S2/c1-10-6-11(22)7-21(10)15(23)9-25-8-14-19-17(24)16-12-4-2-3-5-13(12)26-18(16)20-14/h10-11,22H,2-9H2,1H3,(H,19,20,24)/t10-,11-/m1/s1. The zero-order valence-electron chi connectivity index (χ0n) is 14.8. The van der Waals surface area contributed by atoms with Gasteiger partial charge in [0.2, 0.25) is 5.91 Å². The number of carbonyl (C=O) groups is 1. The zero-order valence-corrected chi connectivity index (χ0v) is 16.4. The van der Waals surface area contributed by atoms with Gasteiger partial charge in [0.1, 0.15) is 10.7 Å². The van der Waals surface area contributed by atoms with E-state index in [1.165, 1.54) is 28.6 Å². The van der Waals surface area contributed by atoms with Gasteiger partial charge in [-0.05, 0) is 44.6 Å². The quantitative estimate of drug-likeness (QED) is 0.831. The fraction of sp³-hybridized carbons (Fsp3) is 0.611. The summed E-state index contributed by atoms with van der Waals surface area (Å²) in [5.41, 5.74) is 1.15. The van der Waals surface area contributed by atoms with E-state index in [2.05, 4.69) is 9.97 Å². The number of likely N-dealkylation sites (tertiary alicyclic amines) is 1. The molecule has 8 heteroatoms. The third-order valence-corrected chi connectivity index (χ3v) is 7.33. The average Bonchev–Trinajstić information content (AvgIpc) is 3.14. The molecule has 140 valence electrons. The number of aliphatic hydroxyl groups excluding tert-OH is 1. The van der Waals surface area contributed by atoms with E-state index < -0.39 is 6.10 Å². The lowest BCUT2D eigenvalue weighted by Gasteiger charge is -2.20. The van der Waals surface area contributed by atoms with Crippen molar-refractivity contribution in [3.63, 3.8) is 0 Å². The summed E-state index contributed by atoms with van der Waals surface area (Å²) >= 11 is 3.10. The Kier molecular flexibility index (Phi) is 5.07. The molecule has 26 heavy (non-hydrogen) atoms. The van der Waals surface area contributed by atoms with E-state index in [0.717, 1.165) is 29.5 Å². The van der Waals surface area contributed by atoms with E-state index >= 15 is 0 Å². The molecule has 0 spiro atoms. The van der Waals surface area contributed by atoms with Crippen molar-refractivity contribution in [1.82, 2.24) is 14.9 Å². The molecular weight excluding hydrogens is 370 g/mol. The van der Waals surface area contributed by atoms with Crippen LogP contribution in [0.1, 0.15) is 42.5 Å². The van der Waals surface area contributed by atoms with Crippen molar-refractivity contribution < 1.29 is 9.90 Å². The molecule has 1 fully saturated rings. The summed E-state index contributed by atoms with van der Waals surface area (Å²) in [6.07, 6.45) is 4.58. The Morgan fingerprint density at radius 1 is 1.42 bits per heavy atom. The monoisotopic (exact) mass is 393 g/mol. The SMILES string of the molecule is C[C@@H]1C[C@@H](O)CN1C(=O)CSCc1nc2sc3c(c2c(=O)[nH]1)CCCC3. The van der Waals surface area contributed by atoms with Gasteiger partial charge in [-0.25, -0.2) is 4.98 Å². The molecule has 1 aliphatic heterocycles. The number of aromatic nitrogens is 2. The number of nitrogens with one attached hydrogen (secondary N) is 1. The number of aromatic amines is 1.